The number of aryl methyl sites for hydroxylation is 1. The van der Waals surface area contributed by atoms with Gasteiger partial charge in [0, 0.05) is 11.1 Å². The summed E-state index contributed by atoms with van der Waals surface area (Å²) in [5.41, 5.74) is 3.48. The number of aromatic nitrogens is 2. The highest BCUT2D eigenvalue weighted by molar-refractivity contribution is 5.84. The Labute approximate surface area is 257 Å². The van der Waals surface area contributed by atoms with Gasteiger partial charge < -0.3 is 23.7 Å². The fourth-order valence-corrected chi connectivity index (χ4v) is 4.78. The highest BCUT2D eigenvalue weighted by Gasteiger charge is 2.22. The van der Waals surface area contributed by atoms with E-state index in [1.54, 1.807) is 38.1 Å². The van der Waals surface area contributed by atoms with Gasteiger partial charge in [0.15, 0.2) is 23.4 Å². The van der Waals surface area contributed by atoms with Crippen molar-refractivity contribution in [2.24, 2.45) is 5.10 Å². The molecule has 0 aliphatic rings. The largest absolute Gasteiger partial charge is 0.494 e. The minimum Gasteiger partial charge on any atom is -0.494 e. The summed E-state index contributed by atoms with van der Waals surface area (Å²) in [5, 5.41) is 5.07. The molecule has 44 heavy (non-hydrogen) atoms. The molecular weight excluding hydrogens is 562 g/mol. The molecule has 0 spiro atoms. The molecule has 0 saturated heterocycles. The average Bonchev–Trinajstić information content (AvgIpc) is 3.01. The van der Waals surface area contributed by atoms with Crippen molar-refractivity contribution >= 4 is 23.1 Å². The summed E-state index contributed by atoms with van der Waals surface area (Å²) < 4.78 is 29.3. The van der Waals surface area contributed by atoms with Gasteiger partial charge in [-0.3, -0.25) is 4.79 Å². The van der Waals surface area contributed by atoms with Crippen LogP contribution in [-0.4, -0.2) is 55.4 Å². The number of rotatable bonds is 12. The van der Waals surface area contributed by atoms with E-state index < -0.39 is 12.1 Å². The van der Waals surface area contributed by atoms with Crippen LogP contribution in [0.4, 0.5) is 0 Å². The lowest BCUT2D eigenvalue weighted by Crippen LogP contribution is -2.26. The van der Waals surface area contributed by atoms with E-state index >= 15 is 0 Å². The van der Waals surface area contributed by atoms with Gasteiger partial charge in [-0.1, -0.05) is 26.0 Å². The zero-order chi connectivity index (χ0) is 32.0. The number of esters is 1. The van der Waals surface area contributed by atoms with Gasteiger partial charge in [0.05, 0.1) is 44.6 Å². The first-order valence-corrected chi connectivity index (χ1v) is 14.6. The lowest BCUT2D eigenvalue weighted by Gasteiger charge is -2.19. The molecule has 1 heterocycles. The minimum atomic E-state index is -0.893. The summed E-state index contributed by atoms with van der Waals surface area (Å²) in [6.45, 7) is 12.2. The van der Waals surface area contributed by atoms with E-state index in [0.29, 0.717) is 40.4 Å². The van der Waals surface area contributed by atoms with Crippen LogP contribution in [0.2, 0.25) is 0 Å². The number of benzene rings is 3. The van der Waals surface area contributed by atoms with Crippen LogP contribution in [0.25, 0.3) is 22.3 Å². The van der Waals surface area contributed by atoms with Gasteiger partial charge in [-0.15, -0.1) is 0 Å². The number of carbonyl (C=O) groups excluding carboxylic acids is 1. The number of para-hydroxylation sites is 1. The second kappa shape index (κ2) is 14.1. The second-order valence-electron chi connectivity index (χ2n) is 10.4. The summed E-state index contributed by atoms with van der Waals surface area (Å²) in [5.74, 6) is 1.74. The maximum Gasteiger partial charge on any atom is 0.347 e. The van der Waals surface area contributed by atoms with Crippen LogP contribution in [0.3, 0.4) is 0 Å². The van der Waals surface area contributed by atoms with Crippen LogP contribution in [0.15, 0.2) is 58.4 Å². The van der Waals surface area contributed by atoms with E-state index in [1.165, 1.54) is 25.1 Å². The molecule has 3 aromatic carbocycles. The van der Waals surface area contributed by atoms with Gasteiger partial charge in [0.25, 0.3) is 5.56 Å². The normalized spacial score (nSPS) is 12.0. The van der Waals surface area contributed by atoms with E-state index in [-0.39, 0.29) is 23.8 Å². The molecule has 1 atom stereocenters. The lowest BCUT2D eigenvalue weighted by atomic mass is 9.96. The van der Waals surface area contributed by atoms with Gasteiger partial charge in [0.2, 0.25) is 5.75 Å². The Morgan fingerprint density at radius 2 is 1.66 bits per heavy atom. The van der Waals surface area contributed by atoms with Crippen molar-refractivity contribution in [2.75, 3.05) is 27.4 Å². The first-order chi connectivity index (χ1) is 21.1. The lowest BCUT2D eigenvalue weighted by molar-refractivity contribution is -0.150. The molecule has 0 fully saturated rings. The number of fused-ring (bicyclic) bond motifs is 1. The molecule has 0 aliphatic carbocycles. The second-order valence-corrected chi connectivity index (χ2v) is 10.4. The average molecular weight is 602 g/mol. The number of hydrogen-bond acceptors (Lipinski definition) is 9. The number of hydrogen-bond donors (Lipinski definition) is 0. The zero-order valence-electron chi connectivity index (χ0n) is 26.5. The highest BCUT2D eigenvalue weighted by atomic mass is 16.6. The Morgan fingerprint density at radius 1 is 0.977 bits per heavy atom. The third kappa shape index (κ3) is 6.69. The molecule has 0 saturated carbocycles. The predicted molar refractivity (Wildman–Crippen MR) is 171 cm³/mol. The van der Waals surface area contributed by atoms with Crippen LogP contribution in [0.5, 0.6) is 23.0 Å². The Bertz CT molecular complexity index is 1720. The van der Waals surface area contributed by atoms with Crippen molar-refractivity contribution in [3.8, 4) is 34.4 Å². The SMILES string of the molecule is CCOC(=O)[C@H](C)Oc1c(OC)cc(C=Nn2c(-c3cc(C(C)C)c(OCC)cc3C)nc3ccccc3c2=O)cc1OC. The number of ether oxygens (including phenoxy) is 5. The Morgan fingerprint density at radius 3 is 2.27 bits per heavy atom. The van der Waals surface area contributed by atoms with Crippen molar-refractivity contribution in [3.63, 3.8) is 0 Å². The molecule has 232 valence electrons. The fraction of sp³-hybridized carbons (Fsp3) is 0.353. The van der Waals surface area contributed by atoms with E-state index in [4.69, 9.17) is 28.7 Å². The maximum absolute atomic E-state index is 13.9. The van der Waals surface area contributed by atoms with E-state index in [2.05, 4.69) is 18.9 Å². The predicted octanol–water partition coefficient (Wildman–Crippen LogP) is 6.12. The Balaban J connectivity index is 1.87. The highest BCUT2D eigenvalue weighted by Crippen LogP contribution is 2.39. The van der Waals surface area contributed by atoms with Crippen LogP contribution in [-0.2, 0) is 9.53 Å². The smallest absolute Gasteiger partial charge is 0.347 e. The third-order valence-corrected chi connectivity index (χ3v) is 6.99. The number of carbonyl (C=O) groups is 1. The van der Waals surface area contributed by atoms with Crippen molar-refractivity contribution in [3.05, 3.63) is 75.6 Å². The van der Waals surface area contributed by atoms with Crippen LogP contribution < -0.4 is 24.5 Å². The van der Waals surface area contributed by atoms with E-state index in [0.717, 1.165) is 22.4 Å². The topological polar surface area (TPSA) is 110 Å². The van der Waals surface area contributed by atoms with Gasteiger partial charge in [-0.2, -0.15) is 9.78 Å². The van der Waals surface area contributed by atoms with Crippen LogP contribution >= 0.6 is 0 Å². The number of methoxy groups -OCH3 is 2. The minimum absolute atomic E-state index is 0.173. The first-order valence-electron chi connectivity index (χ1n) is 14.6. The van der Waals surface area contributed by atoms with Crippen molar-refractivity contribution in [1.29, 1.82) is 0 Å². The first kappa shape index (κ1) is 32.1. The zero-order valence-corrected chi connectivity index (χ0v) is 26.5. The summed E-state index contributed by atoms with van der Waals surface area (Å²) in [6.07, 6.45) is 0.633. The van der Waals surface area contributed by atoms with Crippen molar-refractivity contribution in [2.45, 2.75) is 53.6 Å². The number of nitrogens with zero attached hydrogens (tertiary/aromatic N) is 3. The molecule has 4 aromatic rings. The molecule has 0 radical (unpaired) electrons. The molecule has 0 bridgehead atoms. The van der Waals surface area contributed by atoms with Crippen LogP contribution in [0.1, 0.15) is 57.2 Å². The molecule has 1 aromatic heterocycles. The van der Waals surface area contributed by atoms with Crippen LogP contribution in [0, 0.1) is 6.92 Å². The molecule has 10 heteroatoms. The summed E-state index contributed by atoms with van der Waals surface area (Å²) in [4.78, 5) is 30.9. The van der Waals surface area contributed by atoms with Gasteiger partial charge >= 0.3 is 5.97 Å². The summed E-state index contributed by atoms with van der Waals surface area (Å²) in [7, 11) is 2.96. The van der Waals surface area contributed by atoms with E-state index in [9.17, 15) is 9.59 Å². The Kier molecular flexibility index (Phi) is 10.3. The molecule has 10 nitrogen and oxygen atoms in total. The fourth-order valence-electron chi connectivity index (χ4n) is 4.78. The third-order valence-electron chi connectivity index (χ3n) is 6.99. The molecule has 0 unspecified atom stereocenters. The quantitative estimate of drug-likeness (QED) is 0.141. The van der Waals surface area contributed by atoms with E-state index in [1.807, 2.05) is 38.1 Å². The standard InChI is InChI=1S/C34H39N3O7/c1-9-42-28-15-21(5)26(18-25(28)20(3)4)32-36-27-14-12-11-13-24(27)33(38)37(32)35-19-23-16-29(40-7)31(30(17-23)41-8)44-22(6)34(39)43-10-2/h11-20,22H,9-10H2,1-8H3/t22-/m0/s1. The van der Waals surface area contributed by atoms with Gasteiger partial charge in [-0.25, -0.2) is 9.78 Å². The van der Waals surface area contributed by atoms with Gasteiger partial charge in [0.1, 0.15) is 5.75 Å². The monoisotopic (exact) mass is 601 g/mol. The Hall–Kier alpha value is -4.86. The van der Waals surface area contributed by atoms with Crippen molar-refractivity contribution in [1.82, 2.24) is 9.66 Å². The van der Waals surface area contributed by atoms with Crippen molar-refractivity contribution < 1.29 is 28.5 Å². The molecule has 4 rings (SSSR count). The molecule has 0 aliphatic heterocycles. The summed E-state index contributed by atoms with van der Waals surface area (Å²) in [6, 6.07) is 14.5. The molecule has 0 N–H and O–H groups in total. The summed E-state index contributed by atoms with van der Waals surface area (Å²) >= 11 is 0. The van der Waals surface area contributed by atoms with Gasteiger partial charge in [-0.05, 0) is 81.1 Å². The molecule has 0 amide bonds. The maximum atomic E-state index is 13.9. The molecular formula is C34H39N3O7.